The van der Waals surface area contributed by atoms with E-state index in [1.165, 1.54) is 0 Å². The van der Waals surface area contributed by atoms with E-state index < -0.39 is 6.10 Å². The molecule has 3 radical (unpaired) electrons. The maximum absolute atomic E-state index is 8.45. The molecule has 1 atom stereocenters. The zero-order valence-corrected chi connectivity index (χ0v) is 7.27. The molecule has 35 valence electrons. The zero-order valence-electron chi connectivity index (χ0n) is 3.39. The molecule has 1 unspecified atom stereocenters. The Kier molecular flexibility index (Phi) is 4.58. The van der Waals surface area contributed by atoms with Gasteiger partial charge in [0.05, 0.1) is 0 Å². The van der Waals surface area contributed by atoms with Crippen LogP contribution >= 0.6 is 0 Å². The standard InChI is InChI=1S/C3H7O2.Pb/c1-3(5)2-4;/h3-5H,1-2H2;. The second kappa shape index (κ2) is 4.01. The van der Waals surface area contributed by atoms with E-state index in [4.69, 9.17) is 10.2 Å². The van der Waals surface area contributed by atoms with E-state index in [-0.39, 0.29) is 6.61 Å². The van der Waals surface area contributed by atoms with Crippen molar-refractivity contribution in [3.05, 3.63) is 0 Å². The third-order valence-electron chi connectivity index (χ3n) is 0.446. The molecule has 0 aliphatic heterocycles. The van der Waals surface area contributed by atoms with Gasteiger partial charge in [-0.2, -0.15) is 0 Å². The Hall–Kier alpha value is 0.842. The molecule has 0 aliphatic carbocycles. The van der Waals surface area contributed by atoms with Crippen LogP contribution in [0.25, 0.3) is 0 Å². The van der Waals surface area contributed by atoms with Crippen LogP contribution < -0.4 is 0 Å². The minimum atomic E-state index is -0.448. The summed E-state index contributed by atoms with van der Waals surface area (Å²) in [4.78, 5) is 0. The van der Waals surface area contributed by atoms with Crippen LogP contribution in [0.15, 0.2) is 0 Å². The number of rotatable bonds is 2. The van der Waals surface area contributed by atoms with E-state index in [9.17, 15) is 0 Å². The fraction of sp³-hybridized carbons (Fsp3) is 1.00. The van der Waals surface area contributed by atoms with Crippen molar-refractivity contribution in [3.63, 3.8) is 0 Å². The molecular weight excluding hydrogens is 275 g/mol. The summed E-state index contributed by atoms with van der Waals surface area (Å²) in [6.07, 6.45) is -0.448. The molecule has 0 saturated heterocycles. The van der Waals surface area contributed by atoms with Gasteiger partial charge in [-0.25, -0.2) is 0 Å². The van der Waals surface area contributed by atoms with E-state index in [1.54, 1.807) is 0 Å². The Morgan fingerprint density at radius 1 is 1.67 bits per heavy atom. The molecule has 2 N–H and O–H groups in total. The quantitative estimate of drug-likeness (QED) is 0.633. The summed E-state index contributed by atoms with van der Waals surface area (Å²) in [5.41, 5.74) is 0. The first kappa shape index (κ1) is 6.84. The first-order chi connectivity index (χ1) is 2.81. The summed E-state index contributed by atoms with van der Waals surface area (Å²) >= 11 is 0.972. The average molecular weight is 282 g/mol. The molecule has 0 saturated carbocycles. The van der Waals surface area contributed by atoms with Crippen LogP contribution in [0.3, 0.4) is 0 Å². The topological polar surface area (TPSA) is 40.5 Å². The first-order valence-electron chi connectivity index (χ1n) is 1.74. The van der Waals surface area contributed by atoms with Gasteiger partial charge in [0.2, 0.25) is 0 Å². The van der Waals surface area contributed by atoms with Crippen molar-refractivity contribution in [2.24, 2.45) is 0 Å². The molecule has 0 aromatic heterocycles. The molecule has 0 aromatic carbocycles. The normalized spacial score (nSPS) is 14.5. The number of hydrogen-bond donors (Lipinski definition) is 2. The maximum atomic E-state index is 8.45. The molecule has 0 heterocycles. The summed E-state index contributed by atoms with van der Waals surface area (Å²) in [6, 6.07) is 0. The van der Waals surface area contributed by atoms with Gasteiger partial charge >= 0.3 is 52.7 Å². The van der Waals surface area contributed by atoms with Crippen LogP contribution in [0.2, 0.25) is 3.98 Å². The molecule has 0 bridgehead atoms. The van der Waals surface area contributed by atoms with Crippen LogP contribution in [0.5, 0.6) is 0 Å². The SMILES string of the molecule is OCC(O)[CH2][Pb]. The molecule has 0 rings (SSSR count). The van der Waals surface area contributed by atoms with Crippen LogP contribution in [-0.4, -0.2) is 48.7 Å². The molecule has 0 amide bonds. The minimum absolute atomic E-state index is 0.0799. The fourth-order valence-corrected chi connectivity index (χ4v) is 0.566. The van der Waals surface area contributed by atoms with E-state index in [1.807, 2.05) is 0 Å². The van der Waals surface area contributed by atoms with Crippen molar-refractivity contribution in [2.75, 3.05) is 6.61 Å². The van der Waals surface area contributed by atoms with Gasteiger partial charge in [-0.3, -0.25) is 0 Å². The number of hydrogen-bond acceptors (Lipinski definition) is 2. The van der Waals surface area contributed by atoms with E-state index in [0.717, 1.165) is 29.7 Å². The molecular formula is C3H7O2Pb. The van der Waals surface area contributed by atoms with E-state index >= 15 is 0 Å². The van der Waals surface area contributed by atoms with E-state index in [2.05, 4.69) is 0 Å². The molecule has 6 heavy (non-hydrogen) atoms. The summed E-state index contributed by atoms with van der Waals surface area (Å²) in [5, 5.41) is 16.6. The van der Waals surface area contributed by atoms with Crippen LogP contribution in [0.1, 0.15) is 0 Å². The predicted octanol–water partition coefficient (Wildman–Crippen LogP) is -1.07. The van der Waals surface area contributed by atoms with Gasteiger partial charge in [0.1, 0.15) is 0 Å². The third-order valence-corrected chi connectivity index (χ3v) is 2.28. The Morgan fingerprint density at radius 2 is 2.17 bits per heavy atom. The summed E-state index contributed by atoms with van der Waals surface area (Å²) < 4.78 is 0.774. The molecule has 3 heteroatoms. The Balaban J connectivity index is 2.75. The van der Waals surface area contributed by atoms with Crippen LogP contribution in [-0.2, 0) is 0 Å². The van der Waals surface area contributed by atoms with Gasteiger partial charge in [-0.05, 0) is 0 Å². The van der Waals surface area contributed by atoms with Crippen LogP contribution in [0.4, 0.5) is 0 Å². The summed E-state index contributed by atoms with van der Waals surface area (Å²) in [7, 11) is 0. The Bertz CT molecular complexity index is 28.0. The van der Waals surface area contributed by atoms with Gasteiger partial charge < -0.3 is 0 Å². The van der Waals surface area contributed by atoms with Crippen molar-refractivity contribution in [1.82, 2.24) is 0 Å². The fourth-order valence-electron chi connectivity index (χ4n) is 0.0645. The van der Waals surface area contributed by atoms with Crippen LogP contribution in [0, 0.1) is 0 Å². The average Bonchev–Trinajstić information content (AvgIpc) is 1.65. The Labute approximate surface area is 52.9 Å². The van der Waals surface area contributed by atoms with E-state index in [0.29, 0.717) is 0 Å². The van der Waals surface area contributed by atoms with Gasteiger partial charge in [-0.1, -0.05) is 0 Å². The number of aliphatic hydroxyl groups is 2. The third kappa shape index (κ3) is 3.05. The first-order valence-corrected chi connectivity index (χ1v) is 4.49. The van der Waals surface area contributed by atoms with Crippen molar-refractivity contribution >= 4 is 25.8 Å². The summed E-state index contributed by atoms with van der Waals surface area (Å²) in [5.74, 6) is 0. The molecule has 0 aliphatic rings. The number of aliphatic hydroxyl groups excluding tert-OH is 2. The van der Waals surface area contributed by atoms with Gasteiger partial charge in [0.25, 0.3) is 0 Å². The molecule has 0 spiro atoms. The second-order valence-corrected chi connectivity index (χ2v) is 2.63. The van der Waals surface area contributed by atoms with Crippen molar-refractivity contribution in [2.45, 2.75) is 10.1 Å². The predicted molar refractivity (Wildman–Crippen MR) is 23.7 cm³/mol. The van der Waals surface area contributed by atoms with Gasteiger partial charge in [0.15, 0.2) is 0 Å². The summed E-state index contributed by atoms with van der Waals surface area (Å²) in [6.45, 7) is -0.0799. The van der Waals surface area contributed by atoms with Gasteiger partial charge in [-0.15, -0.1) is 0 Å². The zero-order chi connectivity index (χ0) is 4.99. The van der Waals surface area contributed by atoms with Crippen molar-refractivity contribution in [3.8, 4) is 0 Å². The second-order valence-electron chi connectivity index (χ2n) is 1.04. The molecule has 0 aromatic rings. The Morgan fingerprint density at radius 3 is 2.17 bits per heavy atom. The van der Waals surface area contributed by atoms with Crippen molar-refractivity contribution in [1.29, 1.82) is 0 Å². The monoisotopic (exact) mass is 283 g/mol. The molecule has 0 fully saturated rings. The molecule has 2 nitrogen and oxygen atoms in total. The van der Waals surface area contributed by atoms with Crippen molar-refractivity contribution < 1.29 is 10.2 Å². The van der Waals surface area contributed by atoms with Gasteiger partial charge in [0, 0.05) is 0 Å².